The highest BCUT2D eigenvalue weighted by atomic mass is 79.9. The summed E-state index contributed by atoms with van der Waals surface area (Å²) in [5, 5.41) is 10.3. The molecule has 26 heavy (non-hydrogen) atoms. The first-order chi connectivity index (χ1) is 11.7. The molecule has 3 nitrogen and oxygen atoms in total. The van der Waals surface area contributed by atoms with Crippen LogP contribution in [0.2, 0.25) is 0 Å². The monoisotopic (exact) mass is 423 g/mol. The fourth-order valence-corrected chi connectivity index (χ4v) is 3.29. The number of quaternary nitrogens is 1. The zero-order valence-electron chi connectivity index (χ0n) is 17.1. The highest BCUT2D eigenvalue weighted by Gasteiger charge is 2.33. The van der Waals surface area contributed by atoms with Gasteiger partial charge in [0.1, 0.15) is 12.6 Å². The van der Waals surface area contributed by atoms with Crippen LogP contribution >= 0.6 is 0 Å². The lowest BCUT2D eigenvalue weighted by atomic mass is 9.91. The first-order valence-electron chi connectivity index (χ1n) is 9.31. The van der Waals surface area contributed by atoms with Crippen molar-refractivity contribution in [2.24, 2.45) is 0 Å². The smallest absolute Gasteiger partial charge is 0.161 e. The Morgan fingerprint density at radius 2 is 1.92 bits per heavy atom. The highest BCUT2D eigenvalue weighted by Crippen LogP contribution is 2.39. The molecule has 1 aliphatic rings. The maximum Gasteiger partial charge on any atom is 0.161 e. The summed E-state index contributed by atoms with van der Waals surface area (Å²) >= 11 is 0. The quantitative estimate of drug-likeness (QED) is 0.560. The summed E-state index contributed by atoms with van der Waals surface area (Å²) in [5.41, 5.74) is 5.23. The molecule has 1 atom stereocenters. The van der Waals surface area contributed by atoms with Gasteiger partial charge in [0.05, 0.1) is 20.6 Å². The van der Waals surface area contributed by atoms with Crippen LogP contribution in [0.15, 0.2) is 35.4 Å². The fraction of sp³-hybridized carbons (Fsp3) is 0.545. The number of hydrogen-bond acceptors (Lipinski definition) is 2. The predicted molar refractivity (Wildman–Crippen MR) is 105 cm³/mol. The van der Waals surface area contributed by atoms with Crippen LogP contribution in [0.3, 0.4) is 0 Å². The number of halogens is 1. The molecule has 146 valence electrons. The second-order valence-corrected chi connectivity index (χ2v) is 8.13. The van der Waals surface area contributed by atoms with Gasteiger partial charge in [0, 0.05) is 12.0 Å². The molecule has 0 saturated heterocycles. The molecule has 1 unspecified atom stereocenters. The Balaban J connectivity index is 0.00000338. The number of likely N-dealkylation sites (N-methyl/N-ethyl adjacent to an activating group) is 1. The molecule has 0 fully saturated rings. The van der Waals surface area contributed by atoms with Gasteiger partial charge in [0.2, 0.25) is 0 Å². The molecule has 0 spiro atoms. The lowest BCUT2D eigenvalue weighted by Crippen LogP contribution is -3.00. The first kappa shape index (κ1) is 22.8. The summed E-state index contributed by atoms with van der Waals surface area (Å²) in [6.07, 6.45) is 7.49. The van der Waals surface area contributed by atoms with E-state index >= 15 is 0 Å². The van der Waals surface area contributed by atoms with Crippen molar-refractivity contribution in [3.8, 4) is 11.5 Å². The molecule has 2 rings (SSSR count). The standard InChI is InChI=1S/C22H33NO2.BrH/c1-16(2)8-7-9-17(3)11-13-25-22-15-20-18(4)23(5,6)12-10-19(20)14-21(22)24;/h8,11,14-15,18H,7,9-10,12-13H2,1-6H3;1H/b17-11+;. The van der Waals surface area contributed by atoms with Gasteiger partial charge in [-0.05, 0) is 64.3 Å². The third-order valence-electron chi connectivity index (χ3n) is 5.44. The Morgan fingerprint density at radius 1 is 1.23 bits per heavy atom. The number of aromatic hydroxyl groups is 1. The van der Waals surface area contributed by atoms with Crippen LogP contribution in [0, 0.1) is 0 Å². The number of nitrogens with zero attached hydrogens (tertiary/aromatic N) is 1. The molecule has 1 aromatic rings. The van der Waals surface area contributed by atoms with E-state index in [0.717, 1.165) is 30.3 Å². The molecule has 0 bridgehead atoms. The summed E-state index contributed by atoms with van der Waals surface area (Å²) in [5.74, 6) is 0.856. The number of phenolic OH excluding ortho intramolecular Hbond substituents is 1. The summed E-state index contributed by atoms with van der Waals surface area (Å²) in [7, 11) is 4.53. The van der Waals surface area contributed by atoms with Crippen molar-refractivity contribution in [2.45, 2.75) is 53.0 Å². The van der Waals surface area contributed by atoms with Crippen LogP contribution in [0.4, 0.5) is 0 Å². The Hall–Kier alpha value is -1.26. The van der Waals surface area contributed by atoms with Crippen LogP contribution in [0.5, 0.6) is 11.5 Å². The molecular weight excluding hydrogens is 390 g/mol. The van der Waals surface area contributed by atoms with Crippen LogP contribution < -0.4 is 21.7 Å². The first-order valence-corrected chi connectivity index (χ1v) is 9.31. The largest absolute Gasteiger partial charge is 1.00 e. The Morgan fingerprint density at radius 3 is 2.58 bits per heavy atom. The number of hydrogen-bond donors (Lipinski definition) is 1. The maximum atomic E-state index is 10.3. The average molecular weight is 424 g/mol. The number of ether oxygens (including phenoxy) is 1. The zero-order valence-corrected chi connectivity index (χ0v) is 18.7. The SMILES string of the molecule is CC(C)=CCC/C(C)=C/COc1cc2c(cc1O)CC[N+](C)(C)C2C.[Br-]. The van der Waals surface area contributed by atoms with Crippen molar-refractivity contribution in [3.05, 3.63) is 46.6 Å². The number of rotatable bonds is 6. The number of phenols is 1. The van der Waals surface area contributed by atoms with Gasteiger partial charge in [-0.2, -0.15) is 0 Å². The van der Waals surface area contributed by atoms with Crippen molar-refractivity contribution >= 4 is 0 Å². The minimum atomic E-state index is 0. The van der Waals surface area contributed by atoms with E-state index in [1.807, 2.05) is 12.1 Å². The van der Waals surface area contributed by atoms with Crippen molar-refractivity contribution < 1.29 is 31.3 Å². The van der Waals surface area contributed by atoms with Crippen LogP contribution in [-0.2, 0) is 6.42 Å². The molecule has 1 N–H and O–H groups in total. The minimum absolute atomic E-state index is 0. The Kier molecular flexibility index (Phi) is 8.42. The lowest BCUT2D eigenvalue weighted by Gasteiger charge is -2.41. The Bertz CT molecular complexity index is 673. The molecular formula is C22H34BrNO2. The molecule has 0 saturated carbocycles. The average Bonchev–Trinajstić information content (AvgIpc) is 2.52. The molecule has 1 heterocycles. The third-order valence-corrected chi connectivity index (χ3v) is 5.44. The van der Waals surface area contributed by atoms with E-state index in [1.165, 1.54) is 22.3 Å². The van der Waals surface area contributed by atoms with Gasteiger partial charge in [-0.15, -0.1) is 0 Å². The molecule has 4 heteroatoms. The molecule has 0 radical (unpaired) electrons. The van der Waals surface area contributed by atoms with E-state index in [-0.39, 0.29) is 22.7 Å². The van der Waals surface area contributed by atoms with Gasteiger partial charge in [-0.25, -0.2) is 0 Å². The summed E-state index contributed by atoms with van der Waals surface area (Å²) < 4.78 is 6.84. The topological polar surface area (TPSA) is 29.5 Å². The van der Waals surface area contributed by atoms with Crippen LogP contribution in [0.25, 0.3) is 0 Å². The van der Waals surface area contributed by atoms with E-state index in [9.17, 15) is 5.11 Å². The molecule has 0 aromatic heterocycles. The third kappa shape index (κ3) is 5.88. The summed E-state index contributed by atoms with van der Waals surface area (Å²) in [6, 6.07) is 4.35. The molecule has 1 aromatic carbocycles. The molecule has 1 aliphatic heterocycles. The predicted octanol–water partition coefficient (Wildman–Crippen LogP) is 2.16. The van der Waals surface area contributed by atoms with E-state index in [2.05, 4.69) is 53.9 Å². The molecule has 0 aliphatic carbocycles. The van der Waals surface area contributed by atoms with Crippen molar-refractivity contribution in [1.29, 1.82) is 0 Å². The van der Waals surface area contributed by atoms with E-state index in [4.69, 9.17) is 4.74 Å². The minimum Gasteiger partial charge on any atom is -1.00 e. The van der Waals surface area contributed by atoms with Gasteiger partial charge in [-0.1, -0.05) is 17.2 Å². The van der Waals surface area contributed by atoms with Crippen molar-refractivity contribution in [1.82, 2.24) is 0 Å². The second kappa shape index (κ2) is 9.61. The lowest BCUT2D eigenvalue weighted by molar-refractivity contribution is -0.921. The van der Waals surface area contributed by atoms with Gasteiger partial charge in [0.25, 0.3) is 0 Å². The van der Waals surface area contributed by atoms with Crippen molar-refractivity contribution in [2.75, 3.05) is 27.2 Å². The normalized spacial score (nSPS) is 18.5. The van der Waals surface area contributed by atoms with E-state index in [1.54, 1.807) is 0 Å². The fourth-order valence-electron chi connectivity index (χ4n) is 3.29. The summed E-state index contributed by atoms with van der Waals surface area (Å²) in [6.45, 7) is 10.2. The summed E-state index contributed by atoms with van der Waals surface area (Å²) in [4.78, 5) is 0. The van der Waals surface area contributed by atoms with E-state index < -0.39 is 0 Å². The van der Waals surface area contributed by atoms with Crippen LogP contribution in [0.1, 0.15) is 57.7 Å². The Labute approximate surface area is 169 Å². The van der Waals surface area contributed by atoms with Gasteiger partial charge < -0.3 is 31.3 Å². The second-order valence-electron chi connectivity index (χ2n) is 8.13. The zero-order chi connectivity index (χ0) is 18.6. The number of fused-ring (bicyclic) bond motifs is 1. The van der Waals surface area contributed by atoms with Gasteiger partial charge >= 0.3 is 0 Å². The highest BCUT2D eigenvalue weighted by molar-refractivity contribution is 5.48. The van der Waals surface area contributed by atoms with Gasteiger partial charge in [-0.3, -0.25) is 0 Å². The number of benzene rings is 1. The van der Waals surface area contributed by atoms with Crippen LogP contribution in [-0.4, -0.2) is 36.8 Å². The molecule has 0 amide bonds. The van der Waals surface area contributed by atoms with Crippen molar-refractivity contribution in [3.63, 3.8) is 0 Å². The van der Waals surface area contributed by atoms with E-state index in [0.29, 0.717) is 18.4 Å². The van der Waals surface area contributed by atoms with Gasteiger partial charge in [0.15, 0.2) is 11.5 Å². The maximum absolute atomic E-state index is 10.3. The number of allylic oxidation sites excluding steroid dienone is 3.